The standard InChI is InChI=1S/C21H30N4O3/c1-17-8-5-6-10-19(17)28-15-13-25(4)21(23-16-20(26)24(2)3)22-12-11-18-9-7-14-27-18/h5-10,14H,11-13,15-16H2,1-4H3,(H,22,23). The molecule has 0 aliphatic rings. The van der Waals surface area contributed by atoms with E-state index in [4.69, 9.17) is 9.15 Å². The lowest BCUT2D eigenvalue weighted by molar-refractivity contribution is -0.127. The molecule has 152 valence electrons. The van der Waals surface area contributed by atoms with Crippen molar-refractivity contribution in [2.45, 2.75) is 13.3 Å². The quantitative estimate of drug-likeness (QED) is 0.528. The van der Waals surface area contributed by atoms with Crippen LogP contribution in [0.2, 0.25) is 0 Å². The molecule has 7 heteroatoms. The minimum absolute atomic E-state index is 0.0464. The Morgan fingerprint density at radius 1 is 1.18 bits per heavy atom. The number of guanidine groups is 1. The molecule has 28 heavy (non-hydrogen) atoms. The Balaban J connectivity index is 1.90. The van der Waals surface area contributed by atoms with Crippen molar-refractivity contribution >= 4 is 11.9 Å². The van der Waals surface area contributed by atoms with Crippen LogP contribution in [0.15, 0.2) is 52.1 Å². The number of rotatable bonds is 9. The molecule has 0 saturated heterocycles. The number of likely N-dealkylation sites (N-methyl/N-ethyl adjacent to an activating group) is 2. The van der Waals surface area contributed by atoms with Crippen molar-refractivity contribution in [2.24, 2.45) is 4.99 Å². The Kier molecular flexibility index (Phi) is 8.39. The molecule has 0 unspecified atom stereocenters. The number of para-hydroxylation sites is 1. The summed E-state index contributed by atoms with van der Waals surface area (Å²) in [4.78, 5) is 19.9. The Morgan fingerprint density at radius 2 is 1.96 bits per heavy atom. The summed E-state index contributed by atoms with van der Waals surface area (Å²) in [6.07, 6.45) is 2.40. The first kappa shape index (κ1) is 21.3. The van der Waals surface area contributed by atoms with E-state index < -0.39 is 0 Å². The zero-order chi connectivity index (χ0) is 20.4. The molecule has 0 spiro atoms. The number of aliphatic imine (C=N–C) groups is 1. The van der Waals surface area contributed by atoms with Crippen molar-refractivity contribution in [1.82, 2.24) is 15.1 Å². The second-order valence-electron chi connectivity index (χ2n) is 6.72. The van der Waals surface area contributed by atoms with Gasteiger partial charge in [-0.15, -0.1) is 0 Å². The number of nitrogens with zero attached hydrogens (tertiary/aromatic N) is 3. The van der Waals surface area contributed by atoms with Crippen LogP contribution < -0.4 is 10.1 Å². The second-order valence-corrected chi connectivity index (χ2v) is 6.72. The van der Waals surface area contributed by atoms with E-state index in [9.17, 15) is 4.79 Å². The molecule has 0 aliphatic carbocycles. The van der Waals surface area contributed by atoms with Crippen molar-refractivity contribution in [1.29, 1.82) is 0 Å². The molecule has 1 amide bonds. The summed E-state index contributed by atoms with van der Waals surface area (Å²) >= 11 is 0. The van der Waals surface area contributed by atoms with Gasteiger partial charge in [0, 0.05) is 34.1 Å². The minimum atomic E-state index is -0.0464. The summed E-state index contributed by atoms with van der Waals surface area (Å²) in [5, 5.41) is 3.30. The van der Waals surface area contributed by atoms with Crippen LogP contribution in [0.4, 0.5) is 0 Å². The molecule has 0 aliphatic heterocycles. The highest BCUT2D eigenvalue weighted by Crippen LogP contribution is 2.15. The number of furan rings is 1. The number of amides is 1. The predicted molar refractivity (Wildman–Crippen MR) is 111 cm³/mol. The maximum absolute atomic E-state index is 11.9. The topological polar surface area (TPSA) is 70.3 Å². The zero-order valence-corrected chi connectivity index (χ0v) is 17.1. The number of aryl methyl sites for hydroxylation is 1. The Labute approximate surface area is 167 Å². The molecule has 0 bridgehead atoms. The maximum atomic E-state index is 11.9. The highest BCUT2D eigenvalue weighted by molar-refractivity contribution is 5.84. The fourth-order valence-electron chi connectivity index (χ4n) is 2.46. The molecular formula is C21H30N4O3. The summed E-state index contributed by atoms with van der Waals surface area (Å²) in [6, 6.07) is 11.7. The highest BCUT2D eigenvalue weighted by atomic mass is 16.5. The Hall–Kier alpha value is -2.96. The number of nitrogens with one attached hydrogen (secondary N) is 1. The number of benzene rings is 1. The molecule has 1 N–H and O–H groups in total. The SMILES string of the molecule is Cc1ccccc1OCCN(C)C(=NCC(=O)N(C)C)NCCc1ccco1. The normalized spacial score (nSPS) is 11.2. The smallest absolute Gasteiger partial charge is 0.243 e. The average molecular weight is 386 g/mol. The lowest BCUT2D eigenvalue weighted by atomic mass is 10.2. The lowest BCUT2D eigenvalue weighted by Gasteiger charge is -2.23. The van der Waals surface area contributed by atoms with Gasteiger partial charge in [-0.1, -0.05) is 18.2 Å². The first-order valence-corrected chi connectivity index (χ1v) is 9.38. The van der Waals surface area contributed by atoms with Gasteiger partial charge in [0.05, 0.1) is 12.8 Å². The van der Waals surface area contributed by atoms with Gasteiger partial charge in [-0.3, -0.25) is 4.79 Å². The van der Waals surface area contributed by atoms with E-state index in [1.807, 2.05) is 55.3 Å². The molecule has 2 rings (SSSR count). The van der Waals surface area contributed by atoms with Crippen LogP contribution in [-0.2, 0) is 11.2 Å². The molecule has 2 aromatic rings. The first-order chi connectivity index (χ1) is 13.5. The van der Waals surface area contributed by atoms with Gasteiger partial charge in [0.2, 0.25) is 5.91 Å². The van der Waals surface area contributed by atoms with E-state index in [0.717, 1.165) is 23.5 Å². The largest absolute Gasteiger partial charge is 0.491 e. The van der Waals surface area contributed by atoms with Crippen molar-refractivity contribution in [3.63, 3.8) is 0 Å². The van der Waals surface area contributed by atoms with Crippen LogP contribution in [0.3, 0.4) is 0 Å². The monoisotopic (exact) mass is 386 g/mol. The van der Waals surface area contributed by atoms with Crippen molar-refractivity contribution in [2.75, 3.05) is 47.4 Å². The van der Waals surface area contributed by atoms with E-state index in [1.165, 1.54) is 4.90 Å². The minimum Gasteiger partial charge on any atom is -0.491 e. The Morgan fingerprint density at radius 3 is 2.64 bits per heavy atom. The first-order valence-electron chi connectivity index (χ1n) is 9.38. The molecule has 0 atom stereocenters. The van der Waals surface area contributed by atoms with E-state index in [2.05, 4.69) is 10.3 Å². The molecule has 0 radical (unpaired) electrons. The van der Waals surface area contributed by atoms with Gasteiger partial charge < -0.3 is 24.3 Å². The third-order valence-electron chi connectivity index (χ3n) is 4.24. The van der Waals surface area contributed by atoms with E-state index in [-0.39, 0.29) is 12.5 Å². The maximum Gasteiger partial charge on any atom is 0.243 e. The van der Waals surface area contributed by atoms with Crippen LogP contribution in [0, 0.1) is 6.92 Å². The fourth-order valence-corrected chi connectivity index (χ4v) is 2.46. The number of hydrogen-bond acceptors (Lipinski definition) is 4. The van der Waals surface area contributed by atoms with Gasteiger partial charge in [-0.25, -0.2) is 4.99 Å². The number of hydrogen-bond donors (Lipinski definition) is 1. The zero-order valence-electron chi connectivity index (χ0n) is 17.1. The molecule has 1 aromatic heterocycles. The fraction of sp³-hybridized carbons (Fsp3) is 0.429. The van der Waals surface area contributed by atoms with Gasteiger partial charge >= 0.3 is 0 Å². The molecular weight excluding hydrogens is 356 g/mol. The molecule has 7 nitrogen and oxygen atoms in total. The van der Waals surface area contributed by atoms with Crippen LogP contribution in [0.5, 0.6) is 5.75 Å². The number of carbonyl (C=O) groups excluding carboxylic acids is 1. The van der Waals surface area contributed by atoms with E-state index in [1.54, 1.807) is 20.4 Å². The average Bonchev–Trinajstić information content (AvgIpc) is 3.19. The molecule has 0 saturated carbocycles. The van der Waals surface area contributed by atoms with Crippen molar-refractivity contribution < 1.29 is 13.9 Å². The summed E-state index contributed by atoms with van der Waals surface area (Å²) in [5.74, 6) is 2.40. The van der Waals surface area contributed by atoms with Gasteiger partial charge in [0.15, 0.2) is 5.96 Å². The third-order valence-corrected chi connectivity index (χ3v) is 4.24. The Bertz CT molecular complexity index is 757. The van der Waals surface area contributed by atoms with Crippen LogP contribution in [-0.4, -0.2) is 69.1 Å². The summed E-state index contributed by atoms with van der Waals surface area (Å²) in [6.45, 7) is 3.93. The molecule has 1 heterocycles. The number of carbonyl (C=O) groups is 1. The van der Waals surface area contributed by atoms with Crippen LogP contribution in [0.25, 0.3) is 0 Å². The van der Waals surface area contributed by atoms with E-state index in [0.29, 0.717) is 25.7 Å². The lowest BCUT2D eigenvalue weighted by Crippen LogP contribution is -2.42. The second kappa shape index (κ2) is 11.0. The van der Waals surface area contributed by atoms with Gasteiger partial charge in [0.25, 0.3) is 0 Å². The van der Waals surface area contributed by atoms with Gasteiger partial charge in [0.1, 0.15) is 24.7 Å². The van der Waals surface area contributed by atoms with E-state index >= 15 is 0 Å². The summed E-state index contributed by atoms with van der Waals surface area (Å²) in [5.41, 5.74) is 1.10. The molecule has 0 fully saturated rings. The third kappa shape index (κ3) is 6.98. The van der Waals surface area contributed by atoms with Crippen LogP contribution >= 0.6 is 0 Å². The highest BCUT2D eigenvalue weighted by Gasteiger charge is 2.10. The predicted octanol–water partition coefficient (Wildman–Crippen LogP) is 2.18. The summed E-state index contributed by atoms with van der Waals surface area (Å²) in [7, 11) is 5.38. The van der Waals surface area contributed by atoms with Crippen molar-refractivity contribution in [3.05, 3.63) is 54.0 Å². The van der Waals surface area contributed by atoms with Crippen LogP contribution in [0.1, 0.15) is 11.3 Å². The van der Waals surface area contributed by atoms with Gasteiger partial charge in [-0.2, -0.15) is 0 Å². The summed E-state index contributed by atoms with van der Waals surface area (Å²) < 4.78 is 11.2. The number of ether oxygens (including phenoxy) is 1. The van der Waals surface area contributed by atoms with Crippen molar-refractivity contribution in [3.8, 4) is 5.75 Å². The molecule has 1 aromatic carbocycles. The van der Waals surface area contributed by atoms with Gasteiger partial charge in [-0.05, 0) is 30.7 Å².